The van der Waals surface area contributed by atoms with Gasteiger partial charge < -0.3 is 0 Å². The van der Waals surface area contributed by atoms with Crippen molar-refractivity contribution < 1.29 is 0 Å². The van der Waals surface area contributed by atoms with Crippen molar-refractivity contribution in [2.75, 3.05) is 0 Å². The van der Waals surface area contributed by atoms with Crippen LogP contribution in [0.15, 0.2) is 48.5 Å². The van der Waals surface area contributed by atoms with Crippen molar-refractivity contribution in [3.63, 3.8) is 0 Å². The van der Waals surface area contributed by atoms with E-state index in [-0.39, 0.29) is 0 Å². The molecule has 0 aliphatic rings. The van der Waals surface area contributed by atoms with E-state index in [9.17, 15) is 0 Å². The van der Waals surface area contributed by atoms with E-state index in [1.807, 2.05) is 22.7 Å². The molecule has 5 rings (SSSR count). The van der Waals surface area contributed by atoms with Crippen LogP contribution < -0.4 is 0 Å². The second-order valence-corrected chi connectivity index (χ2v) is 8.05. The first-order valence-corrected chi connectivity index (χ1v) is 9.10. The summed E-state index contributed by atoms with van der Waals surface area (Å²) < 4.78 is 5.61. The molecule has 2 heterocycles. The maximum atomic E-state index is 2.29. The van der Waals surface area contributed by atoms with Crippen LogP contribution in [-0.4, -0.2) is 0 Å². The summed E-state index contributed by atoms with van der Waals surface area (Å²) in [6.07, 6.45) is 0. The second kappa shape index (κ2) is 4.31. The normalized spacial score (nSPS) is 12.1. The second-order valence-electron chi connectivity index (χ2n) is 5.92. The average Bonchev–Trinajstić information content (AvgIpc) is 2.82. The van der Waals surface area contributed by atoms with Gasteiger partial charge in [0, 0.05) is 35.0 Å². The van der Waals surface area contributed by atoms with Crippen molar-refractivity contribution in [1.82, 2.24) is 0 Å². The van der Waals surface area contributed by atoms with Gasteiger partial charge in [0.05, 0.1) is 0 Å². The summed E-state index contributed by atoms with van der Waals surface area (Å²) in [5.74, 6) is 0. The molecule has 0 aliphatic heterocycles. The first-order chi connectivity index (χ1) is 10.7. The molecule has 0 amide bonds. The van der Waals surface area contributed by atoms with Crippen molar-refractivity contribution in [3.8, 4) is 0 Å². The molecule has 0 radical (unpaired) electrons. The number of benzene rings is 3. The van der Waals surface area contributed by atoms with Gasteiger partial charge in [-0.1, -0.05) is 30.3 Å². The van der Waals surface area contributed by atoms with E-state index in [1.54, 1.807) is 0 Å². The van der Waals surface area contributed by atoms with Gasteiger partial charge in [-0.3, -0.25) is 0 Å². The van der Waals surface area contributed by atoms with Gasteiger partial charge in [-0.25, -0.2) is 0 Å². The lowest BCUT2D eigenvalue weighted by atomic mass is 10.0. The van der Waals surface area contributed by atoms with Crippen molar-refractivity contribution in [3.05, 3.63) is 59.7 Å². The van der Waals surface area contributed by atoms with Gasteiger partial charge in [0.25, 0.3) is 0 Å². The maximum Gasteiger partial charge on any atom is 0.0386 e. The minimum Gasteiger partial charge on any atom is -0.135 e. The van der Waals surface area contributed by atoms with Crippen LogP contribution in [0.3, 0.4) is 0 Å². The summed E-state index contributed by atoms with van der Waals surface area (Å²) in [6.45, 7) is 4.46. The Morgan fingerprint density at radius 1 is 0.591 bits per heavy atom. The van der Waals surface area contributed by atoms with E-state index in [0.717, 1.165) is 0 Å². The largest absolute Gasteiger partial charge is 0.135 e. The molecule has 0 fully saturated rings. The molecule has 0 saturated carbocycles. The predicted octanol–water partition coefficient (Wildman–Crippen LogP) is 7.04. The molecule has 3 aromatic carbocycles. The lowest BCUT2D eigenvalue weighted by molar-refractivity contribution is 1.49. The highest BCUT2D eigenvalue weighted by molar-refractivity contribution is 7.29. The third-order valence-electron chi connectivity index (χ3n) is 4.53. The first-order valence-electron chi connectivity index (χ1n) is 7.47. The van der Waals surface area contributed by atoms with Gasteiger partial charge in [-0.2, -0.15) is 0 Å². The standard InChI is InChI=1S/C20H14S2/c1-11-9-10-12(2)20-17(11)13-5-3-6-14-18(13)19-15(21-14)7-4-8-16(19)22-20/h3-10H,1-2H3. The van der Waals surface area contributed by atoms with E-state index in [1.165, 1.54) is 51.5 Å². The van der Waals surface area contributed by atoms with Crippen molar-refractivity contribution in [1.29, 1.82) is 0 Å². The van der Waals surface area contributed by atoms with E-state index < -0.39 is 0 Å². The molecule has 106 valence electrons. The molecule has 0 aliphatic carbocycles. The fourth-order valence-electron chi connectivity index (χ4n) is 3.49. The Morgan fingerprint density at radius 3 is 2.05 bits per heavy atom. The average molecular weight is 318 g/mol. The zero-order valence-corrected chi connectivity index (χ0v) is 14.1. The zero-order chi connectivity index (χ0) is 14.8. The summed E-state index contributed by atoms with van der Waals surface area (Å²) in [7, 11) is 0. The van der Waals surface area contributed by atoms with Crippen LogP contribution in [0, 0.1) is 13.8 Å². The number of hydrogen-bond donors (Lipinski definition) is 0. The van der Waals surface area contributed by atoms with Crippen molar-refractivity contribution >= 4 is 63.0 Å². The topological polar surface area (TPSA) is 0 Å². The molecule has 0 N–H and O–H groups in total. The minimum absolute atomic E-state index is 1.37. The van der Waals surface area contributed by atoms with Gasteiger partial charge in [0.1, 0.15) is 0 Å². The van der Waals surface area contributed by atoms with Crippen LogP contribution in [0.1, 0.15) is 11.1 Å². The SMILES string of the molecule is Cc1ccc(C)c2c1sc1cccc3sc4cccc2c4c31. The summed E-state index contributed by atoms with van der Waals surface area (Å²) in [5.41, 5.74) is 2.74. The Morgan fingerprint density at radius 2 is 1.23 bits per heavy atom. The van der Waals surface area contributed by atoms with E-state index in [0.29, 0.717) is 0 Å². The Balaban J connectivity index is 2.32. The van der Waals surface area contributed by atoms with E-state index in [4.69, 9.17) is 0 Å². The molecule has 0 saturated heterocycles. The van der Waals surface area contributed by atoms with Crippen LogP contribution in [-0.2, 0) is 0 Å². The first kappa shape index (κ1) is 12.6. The third-order valence-corrected chi connectivity index (χ3v) is 6.94. The molecular weight excluding hydrogens is 304 g/mol. The molecule has 0 unspecified atom stereocenters. The van der Waals surface area contributed by atoms with Gasteiger partial charge in [0.15, 0.2) is 0 Å². The molecule has 0 spiro atoms. The Hall–Kier alpha value is -1.90. The van der Waals surface area contributed by atoms with Crippen LogP contribution in [0.2, 0.25) is 0 Å². The fourth-order valence-corrected chi connectivity index (χ4v) is 6.00. The number of rotatable bonds is 0. The van der Waals surface area contributed by atoms with Crippen LogP contribution >= 0.6 is 22.7 Å². The summed E-state index contributed by atoms with van der Waals surface area (Å²) >= 11 is 3.85. The molecule has 0 bridgehead atoms. The molecule has 22 heavy (non-hydrogen) atoms. The lowest BCUT2D eigenvalue weighted by Gasteiger charge is -2.04. The summed E-state index contributed by atoms with van der Waals surface area (Å²) in [5, 5.41) is 5.71. The smallest absolute Gasteiger partial charge is 0.0386 e. The quantitative estimate of drug-likeness (QED) is 0.287. The Kier molecular flexibility index (Phi) is 2.47. The molecule has 2 heteroatoms. The third kappa shape index (κ3) is 1.52. The van der Waals surface area contributed by atoms with Crippen molar-refractivity contribution in [2.24, 2.45) is 0 Å². The Labute approximate surface area is 136 Å². The van der Waals surface area contributed by atoms with Crippen LogP contribution in [0.5, 0.6) is 0 Å². The van der Waals surface area contributed by atoms with Gasteiger partial charge >= 0.3 is 0 Å². The molecular formula is C20H14S2. The molecule has 0 nitrogen and oxygen atoms in total. The van der Waals surface area contributed by atoms with Crippen LogP contribution in [0.4, 0.5) is 0 Å². The van der Waals surface area contributed by atoms with Crippen LogP contribution in [0.25, 0.3) is 40.3 Å². The highest BCUT2D eigenvalue weighted by atomic mass is 32.1. The highest BCUT2D eigenvalue weighted by Crippen LogP contribution is 2.44. The highest BCUT2D eigenvalue weighted by Gasteiger charge is 2.14. The summed E-state index contributed by atoms with van der Waals surface area (Å²) in [4.78, 5) is 0. The van der Waals surface area contributed by atoms with Gasteiger partial charge in [-0.15, -0.1) is 22.7 Å². The van der Waals surface area contributed by atoms with E-state index in [2.05, 4.69) is 62.4 Å². The lowest BCUT2D eigenvalue weighted by Crippen LogP contribution is -1.80. The monoisotopic (exact) mass is 318 g/mol. The van der Waals surface area contributed by atoms with E-state index >= 15 is 0 Å². The van der Waals surface area contributed by atoms with Gasteiger partial charge in [-0.05, 0) is 48.6 Å². The summed E-state index contributed by atoms with van der Waals surface area (Å²) in [6, 6.07) is 18.0. The minimum atomic E-state index is 1.37. The zero-order valence-electron chi connectivity index (χ0n) is 12.4. The molecule has 5 aromatic rings. The molecule has 2 aromatic heterocycles. The Bertz CT molecular complexity index is 1190. The maximum absolute atomic E-state index is 2.29. The number of aryl methyl sites for hydroxylation is 2. The number of thiophene rings is 1. The predicted molar refractivity (Wildman–Crippen MR) is 102 cm³/mol. The van der Waals surface area contributed by atoms with Crippen molar-refractivity contribution in [2.45, 2.75) is 13.8 Å². The van der Waals surface area contributed by atoms with Gasteiger partial charge in [0.2, 0.25) is 0 Å². The number of hydrogen-bond acceptors (Lipinski definition) is 2. The molecule has 0 atom stereocenters. The fraction of sp³-hybridized carbons (Fsp3) is 0.100. The number of fused-ring (bicyclic) bond motifs is 2.